The normalized spacial score (nSPS) is 12.2. The third-order valence-corrected chi connectivity index (χ3v) is 4.72. The van der Waals surface area contributed by atoms with Gasteiger partial charge in [-0.05, 0) is 50.0 Å². The Morgan fingerprint density at radius 3 is 2.62 bits per heavy atom. The lowest BCUT2D eigenvalue weighted by Crippen LogP contribution is -2.37. The minimum Gasteiger partial charge on any atom is -0.497 e. The molecule has 1 heterocycles. The van der Waals surface area contributed by atoms with Gasteiger partial charge in [0.1, 0.15) is 18.1 Å². The number of benzene rings is 2. The molecular weight excluding hydrogens is 375 g/mol. The molecule has 1 atom stereocenters. The fourth-order valence-corrected chi connectivity index (χ4v) is 3.09. The van der Waals surface area contributed by atoms with Gasteiger partial charge in [0.05, 0.1) is 30.4 Å². The van der Waals surface area contributed by atoms with E-state index in [1.165, 1.54) is 23.0 Å². The number of methoxy groups -OCH3 is 1. The van der Waals surface area contributed by atoms with E-state index in [1.54, 1.807) is 7.11 Å². The van der Waals surface area contributed by atoms with Crippen LogP contribution in [-0.4, -0.2) is 48.1 Å². The Labute approximate surface area is 167 Å². The van der Waals surface area contributed by atoms with Crippen LogP contribution in [0.15, 0.2) is 53.6 Å². The van der Waals surface area contributed by atoms with E-state index in [4.69, 9.17) is 4.74 Å². The average molecular weight is 398 g/mol. The van der Waals surface area contributed by atoms with Gasteiger partial charge in [-0.2, -0.15) is 0 Å². The number of carbonyl (C=O) groups excluding carboxylic acids is 1. The van der Waals surface area contributed by atoms with Crippen molar-refractivity contribution >= 4 is 16.8 Å². The Morgan fingerprint density at radius 2 is 1.97 bits per heavy atom. The summed E-state index contributed by atoms with van der Waals surface area (Å²) in [6.07, 6.45) is 1.30. The predicted octanol–water partition coefficient (Wildman–Crippen LogP) is 1.96. The molecule has 3 aromatic rings. The number of hydrogen-bond acceptors (Lipinski definition) is 5. The molecule has 0 aliphatic rings. The molecule has 0 unspecified atom stereocenters. The Kier molecular flexibility index (Phi) is 6.23. The summed E-state index contributed by atoms with van der Waals surface area (Å²) < 4.78 is 19.8. The fraction of sp³-hybridized carbons (Fsp3) is 0.286. The quantitative estimate of drug-likeness (QED) is 0.659. The summed E-state index contributed by atoms with van der Waals surface area (Å²) in [6.45, 7) is 0.170. The third kappa shape index (κ3) is 4.78. The first-order valence-electron chi connectivity index (χ1n) is 9.11. The highest BCUT2D eigenvalue weighted by Gasteiger charge is 2.16. The van der Waals surface area contributed by atoms with Crippen LogP contribution in [-0.2, 0) is 11.3 Å². The van der Waals surface area contributed by atoms with Crippen LogP contribution in [0.25, 0.3) is 10.9 Å². The summed E-state index contributed by atoms with van der Waals surface area (Å²) >= 11 is 0. The molecule has 1 aromatic heterocycles. The Morgan fingerprint density at radius 1 is 1.24 bits per heavy atom. The molecule has 29 heavy (non-hydrogen) atoms. The number of amides is 1. The average Bonchev–Trinajstić information content (AvgIpc) is 2.71. The van der Waals surface area contributed by atoms with Crippen molar-refractivity contribution in [2.75, 3.05) is 27.7 Å². The van der Waals surface area contributed by atoms with Gasteiger partial charge in [-0.1, -0.05) is 12.1 Å². The molecule has 0 radical (unpaired) electrons. The zero-order valence-electron chi connectivity index (χ0n) is 16.6. The summed E-state index contributed by atoms with van der Waals surface area (Å²) in [5, 5.41) is 3.00. The second-order valence-corrected chi connectivity index (χ2v) is 6.90. The van der Waals surface area contributed by atoms with E-state index in [0.717, 1.165) is 17.4 Å². The minimum atomic E-state index is -0.521. The number of halogens is 1. The fourth-order valence-electron chi connectivity index (χ4n) is 3.09. The van der Waals surface area contributed by atoms with E-state index >= 15 is 0 Å². The van der Waals surface area contributed by atoms with Crippen LogP contribution in [0.1, 0.15) is 11.6 Å². The number of hydrogen-bond donors (Lipinski definition) is 1. The Balaban J connectivity index is 1.70. The lowest BCUT2D eigenvalue weighted by Gasteiger charge is -2.25. The number of rotatable bonds is 7. The van der Waals surface area contributed by atoms with Gasteiger partial charge in [-0.3, -0.25) is 14.2 Å². The molecule has 8 heteroatoms. The number of fused-ring (bicyclic) bond motifs is 1. The van der Waals surface area contributed by atoms with Crippen molar-refractivity contribution in [3.8, 4) is 5.75 Å². The summed E-state index contributed by atoms with van der Waals surface area (Å²) in [5.41, 5.74) is 0.959. The van der Waals surface area contributed by atoms with E-state index in [9.17, 15) is 14.0 Å². The lowest BCUT2D eigenvalue weighted by atomic mass is 10.1. The summed E-state index contributed by atoms with van der Waals surface area (Å²) in [7, 11) is 5.46. The molecule has 0 saturated heterocycles. The second kappa shape index (κ2) is 8.83. The molecule has 3 rings (SSSR count). The van der Waals surface area contributed by atoms with Gasteiger partial charge in [0.15, 0.2) is 0 Å². The first-order valence-corrected chi connectivity index (χ1v) is 9.11. The van der Waals surface area contributed by atoms with Gasteiger partial charge in [-0.15, -0.1) is 0 Å². The van der Waals surface area contributed by atoms with Gasteiger partial charge in [-0.25, -0.2) is 9.37 Å². The van der Waals surface area contributed by atoms with Crippen LogP contribution in [0.2, 0.25) is 0 Å². The molecule has 0 fully saturated rings. The van der Waals surface area contributed by atoms with Crippen molar-refractivity contribution < 1.29 is 13.9 Å². The van der Waals surface area contributed by atoms with Crippen molar-refractivity contribution in [2.45, 2.75) is 12.6 Å². The maximum absolute atomic E-state index is 13.4. The number of carbonyl (C=O) groups is 1. The standard InChI is InChI=1S/C21H23FN4O3/c1-25(2)19(14-4-7-16(29-3)8-5-14)11-23-20(27)12-26-13-24-18-9-6-15(22)10-17(18)21(26)28/h4-10,13,19H,11-12H2,1-3H3,(H,23,27)/t19-/m0/s1. The van der Waals surface area contributed by atoms with Crippen molar-refractivity contribution in [3.05, 3.63) is 70.5 Å². The van der Waals surface area contributed by atoms with Crippen LogP contribution in [0.4, 0.5) is 4.39 Å². The second-order valence-electron chi connectivity index (χ2n) is 6.90. The monoisotopic (exact) mass is 398 g/mol. The smallest absolute Gasteiger partial charge is 0.261 e. The van der Waals surface area contributed by atoms with Crippen molar-refractivity contribution in [3.63, 3.8) is 0 Å². The number of ether oxygens (including phenoxy) is 1. The molecule has 0 bridgehead atoms. The molecule has 0 aliphatic heterocycles. The highest BCUT2D eigenvalue weighted by Crippen LogP contribution is 2.20. The van der Waals surface area contributed by atoms with E-state index in [-0.39, 0.29) is 23.9 Å². The summed E-state index contributed by atoms with van der Waals surface area (Å²) in [6, 6.07) is 11.4. The number of nitrogens with one attached hydrogen (secondary N) is 1. The van der Waals surface area contributed by atoms with Gasteiger partial charge in [0.25, 0.3) is 5.56 Å². The van der Waals surface area contributed by atoms with Gasteiger partial charge < -0.3 is 15.0 Å². The summed E-state index contributed by atoms with van der Waals surface area (Å²) in [4.78, 5) is 31.0. The van der Waals surface area contributed by atoms with Crippen molar-refractivity contribution in [1.82, 2.24) is 19.8 Å². The zero-order chi connectivity index (χ0) is 21.0. The predicted molar refractivity (Wildman–Crippen MR) is 108 cm³/mol. The number of aromatic nitrogens is 2. The van der Waals surface area contributed by atoms with Crippen LogP contribution in [0.3, 0.4) is 0 Å². The van der Waals surface area contributed by atoms with E-state index in [2.05, 4.69) is 10.3 Å². The van der Waals surface area contributed by atoms with Crippen LogP contribution in [0.5, 0.6) is 5.75 Å². The highest BCUT2D eigenvalue weighted by molar-refractivity contribution is 5.79. The Hall–Kier alpha value is -3.26. The molecule has 1 N–H and O–H groups in total. The molecular formula is C21H23FN4O3. The van der Waals surface area contributed by atoms with E-state index in [1.807, 2.05) is 43.3 Å². The van der Waals surface area contributed by atoms with Crippen molar-refractivity contribution in [1.29, 1.82) is 0 Å². The van der Waals surface area contributed by atoms with Crippen molar-refractivity contribution in [2.24, 2.45) is 0 Å². The van der Waals surface area contributed by atoms with Gasteiger partial charge >= 0.3 is 0 Å². The number of nitrogens with zero attached hydrogens (tertiary/aromatic N) is 3. The highest BCUT2D eigenvalue weighted by atomic mass is 19.1. The third-order valence-electron chi connectivity index (χ3n) is 4.72. The molecule has 0 spiro atoms. The molecule has 0 saturated carbocycles. The van der Waals surface area contributed by atoms with E-state index < -0.39 is 11.4 Å². The zero-order valence-corrected chi connectivity index (χ0v) is 16.6. The minimum absolute atomic E-state index is 0.0506. The van der Waals surface area contributed by atoms with Crippen LogP contribution < -0.4 is 15.6 Å². The molecule has 152 valence electrons. The SMILES string of the molecule is COc1ccc([C@H](CNC(=O)Cn2cnc3ccc(F)cc3c2=O)N(C)C)cc1. The van der Waals surface area contributed by atoms with E-state index in [0.29, 0.717) is 12.1 Å². The summed E-state index contributed by atoms with van der Waals surface area (Å²) in [5.74, 6) is -0.0909. The molecule has 2 aromatic carbocycles. The molecule has 0 aliphatic carbocycles. The first-order chi connectivity index (χ1) is 13.9. The molecule has 1 amide bonds. The largest absolute Gasteiger partial charge is 0.497 e. The lowest BCUT2D eigenvalue weighted by molar-refractivity contribution is -0.121. The van der Waals surface area contributed by atoms with Gasteiger partial charge in [0, 0.05) is 6.54 Å². The van der Waals surface area contributed by atoms with Gasteiger partial charge in [0.2, 0.25) is 5.91 Å². The first kappa shape index (κ1) is 20.5. The number of likely N-dealkylation sites (N-methyl/N-ethyl adjacent to an activating group) is 1. The van der Waals surface area contributed by atoms with Crippen LogP contribution in [0, 0.1) is 5.82 Å². The Bertz CT molecular complexity index is 1060. The maximum Gasteiger partial charge on any atom is 0.261 e. The maximum atomic E-state index is 13.4. The molecule has 7 nitrogen and oxygen atoms in total. The van der Waals surface area contributed by atoms with Crippen LogP contribution >= 0.6 is 0 Å². The topological polar surface area (TPSA) is 76.5 Å².